The molecule has 8 heteroatoms. The molecule has 2 aliphatic heterocycles. The van der Waals surface area contributed by atoms with Gasteiger partial charge in [0.15, 0.2) is 5.13 Å². The van der Waals surface area contributed by atoms with Crippen molar-refractivity contribution in [2.24, 2.45) is 0 Å². The van der Waals surface area contributed by atoms with E-state index in [2.05, 4.69) is 24.6 Å². The molecule has 0 aliphatic carbocycles. The predicted octanol–water partition coefficient (Wildman–Crippen LogP) is 2.50. The van der Waals surface area contributed by atoms with E-state index in [9.17, 15) is 4.79 Å². The lowest BCUT2D eigenvalue weighted by Crippen LogP contribution is -2.54. The van der Waals surface area contributed by atoms with Gasteiger partial charge in [-0.3, -0.25) is 4.90 Å². The lowest BCUT2D eigenvalue weighted by atomic mass is 9.97. The third-order valence-corrected chi connectivity index (χ3v) is 6.81. The maximum absolute atomic E-state index is 12.5. The Bertz CT molecular complexity index is 572. The Morgan fingerprint density at radius 3 is 3.00 bits per heavy atom. The Balaban J connectivity index is 1.72. The highest BCUT2D eigenvalue weighted by Crippen LogP contribution is 2.40. The van der Waals surface area contributed by atoms with Crippen molar-refractivity contribution < 1.29 is 14.3 Å². The van der Waals surface area contributed by atoms with E-state index in [1.807, 2.05) is 4.90 Å². The molecule has 3 heterocycles. The van der Waals surface area contributed by atoms with E-state index in [4.69, 9.17) is 15.2 Å². The number of nitrogens with two attached hydrogens (primary N) is 1. The highest BCUT2D eigenvalue weighted by atomic mass is 32.1. The molecule has 0 radical (unpaired) electrons. The minimum absolute atomic E-state index is 0.00660. The zero-order chi connectivity index (χ0) is 15.9. The third kappa shape index (κ3) is 3.13. The first-order valence-corrected chi connectivity index (χ1v) is 12.2. The molecule has 1 saturated heterocycles. The number of nitrogens with zero attached hydrogens (tertiary/aromatic N) is 2. The zero-order valence-corrected chi connectivity index (χ0v) is 15.1. The van der Waals surface area contributed by atoms with E-state index in [1.165, 1.54) is 11.3 Å². The number of thiazole rings is 1. The fraction of sp³-hybridized carbons (Fsp3) is 0.714. The maximum Gasteiger partial charge on any atom is 0.410 e. The van der Waals surface area contributed by atoms with Crippen molar-refractivity contribution in [2.75, 3.05) is 25.6 Å². The monoisotopic (exact) mass is 341 g/mol. The number of anilines is 1. The molecular weight excluding hydrogens is 318 g/mol. The van der Waals surface area contributed by atoms with Crippen LogP contribution in [0.4, 0.5) is 9.93 Å². The molecule has 0 saturated carbocycles. The summed E-state index contributed by atoms with van der Waals surface area (Å²) in [4.78, 5) is 19.8. The summed E-state index contributed by atoms with van der Waals surface area (Å²) in [5.41, 5.74) is 6.85. The van der Waals surface area contributed by atoms with Crippen LogP contribution in [0.1, 0.15) is 16.6 Å². The molecule has 122 valence electrons. The zero-order valence-electron chi connectivity index (χ0n) is 13.3. The summed E-state index contributed by atoms with van der Waals surface area (Å²) < 4.78 is 11.2. The second-order valence-corrected chi connectivity index (χ2v) is 13.8. The minimum Gasteiger partial charge on any atom is -0.450 e. The Morgan fingerprint density at radius 1 is 1.50 bits per heavy atom. The number of carbonyl (C=O) groups excluding carboxylic acids is 1. The lowest BCUT2D eigenvalue weighted by Gasteiger charge is -2.43. The molecule has 1 fully saturated rings. The molecule has 2 atom stereocenters. The number of carbonyl (C=O) groups is 1. The molecule has 0 aromatic carbocycles. The molecular formula is C14H23N3O3SSi. The van der Waals surface area contributed by atoms with E-state index in [0.717, 1.165) is 16.6 Å². The highest BCUT2D eigenvalue weighted by molar-refractivity contribution is 7.15. The highest BCUT2D eigenvalue weighted by Gasteiger charge is 2.43. The first kappa shape index (κ1) is 15.8. The summed E-state index contributed by atoms with van der Waals surface area (Å²) in [7, 11) is -1.20. The second-order valence-electron chi connectivity index (χ2n) is 7.11. The van der Waals surface area contributed by atoms with Crippen molar-refractivity contribution in [1.29, 1.82) is 0 Å². The number of morpholine rings is 1. The summed E-state index contributed by atoms with van der Waals surface area (Å²) >= 11 is 1.45. The lowest BCUT2D eigenvalue weighted by molar-refractivity contribution is -0.0506. The van der Waals surface area contributed by atoms with E-state index in [0.29, 0.717) is 31.4 Å². The molecule has 0 spiro atoms. The molecule has 1 aromatic rings. The average molecular weight is 342 g/mol. The van der Waals surface area contributed by atoms with Crippen LogP contribution < -0.4 is 5.73 Å². The van der Waals surface area contributed by atoms with Gasteiger partial charge in [-0.1, -0.05) is 31.0 Å². The molecule has 1 aromatic heterocycles. The quantitative estimate of drug-likeness (QED) is 0.855. The van der Waals surface area contributed by atoms with Gasteiger partial charge in [0.25, 0.3) is 0 Å². The fourth-order valence-electron chi connectivity index (χ4n) is 2.90. The van der Waals surface area contributed by atoms with Crippen LogP contribution in [0.25, 0.3) is 0 Å². The number of hydrogen-bond donors (Lipinski definition) is 1. The largest absolute Gasteiger partial charge is 0.450 e. The second kappa shape index (κ2) is 5.82. The first-order valence-electron chi connectivity index (χ1n) is 7.63. The molecule has 0 unspecified atom stereocenters. The van der Waals surface area contributed by atoms with Crippen molar-refractivity contribution in [3.8, 4) is 0 Å². The summed E-state index contributed by atoms with van der Waals surface area (Å²) in [6.45, 7) is 8.36. The van der Waals surface area contributed by atoms with Gasteiger partial charge in [-0.25, -0.2) is 9.78 Å². The van der Waals surface area contributed by atoms with Crippen LogP contribution in [0, 0.1) is 0 Å². The molecule has 2 N–H and O–H groups in total. The van der Waals surface area contributed by atoms with Crippen molar-refractivity contribution in [2.45, 2.75) is 44.2 Å². The number of ether oxygens (including phenoxy) is 2. The number of aromatic nitrogens is 1. The van der Waals surface area contributed by atoms with Gasteiger partial charge in [-0.05, 0) is 6.04 Å². The Labute approximate surface area is 135 Å². The fourth-order valence-corrected chi connectivity index (χ4v) is 4.56. The van der Waals surface area contributed by atoms with Gasteiger partial charge in [-0.2, -0.15) is 0 Å². The molecule has 1 amide bonds. The third-order valence-electron chi connectivity index (χ3n) is 4.08. The van der Waals surface area contributed by atoms with Crippen LogP contribution in [0.2, 0.25) is 25.7 Å². The summed E-state index contributed by atoms with van der Waals surface area (Å²) in [6, 6.07) is 0.890. The van der Waals surface area contributed by atoms with Crippen LogP contribution in [-0.4, -0.2) is 49.9 Å². The number of rotatable bonds is 3. The van der Waals surface area contributed by atoms with E-state index in [-0.39, 0.29) is 18.2 Å². The standard InChI is InChI=1S/C14H23N3O3SSi/c1-22(2,3)5-4-20-14(18)17-9-6-10-12(21-13(15)16-10)11(17)8-19-7-9/h9,11H,4-8H2,1-3H3,(H2,15,16)/t9-,11-/m0/s1. The van der Waals surface area contributed by atoms with Gasteiger partial charge in [0, 0.05) is 14.5 Å². The van der Waals surface area contributed by atoms with Crippen molar-refractivity contribution >= 4 is 30.6 Å². The summed E-state index contributed by atoms with van der Waals surface area (Å²) in [5, 5.41) is 0.560. The van der Waals surface area contributed by atoms with E-state index < -0.39 is 8.07 Å². The van der Waals surface area contributed by atoms with Gasteiger partial charge < -0.3 is 15.2 Å². The van der Waals surface area contributed by atoms with Gasteiger partial charge in [-0.15, -0.1) is 0 Å². The smallest absolute Gasteiger partial charge is 0.410 e. The summed E-state index contributed by atoms with van der Waals surface area (Å²) in [5.74, 6) is 0. The number of fused-ring (bicyclic) bond motifs is 4. The molecule has 6 nitrogen and oxygen atoms in total. The Morgan fingerprint density at radius 2 is 2.27 bits per heavy atom. The van der Waals surface area contributed by atoms with Crippen LogP contribution in [0.3, 0.4) is 0 Å². The van der Waals surface area contributed by atoms with Crippen molar-refractivity contribution in [3.63, 3.8) is 0 Å². The number of hydrogen-bond acceptors (Lipinski definition) is 6. The van der Waals surface area contributed by atoms with Crippen molar-refractivity contribution in [1.82, 2.24) is 9.88 Å². The Hall–Kier alpha value is -1.12. The molecule has 2 aliphatic rings. The van der Waals surface area contributed by atoms with Crippen molar-refractivity contribution in [3.05, 3.63) is 10.6 Å². The van der Waals surface area contributed by atoms with Crippen LogP contribution in [-0.2, 0) is 15.9 Å². The number of nitrogen functional groups attached to an aromatic ring is 1. The van der Waals surface area contributed by atoms with Gasteiger partial charge in [0.1, 0.15) is 0 Å². The summed E-state index contributed by atoms with van der Waals surface area (Å²) in [6.07, 6.45) is 0.469. The van der Waals surface area contributed by atoms with Crippen LogP contribution in [0.15, 0.2) is 0 Å². The van der Waals surface area contributed by atoms with E-state index >= 15 is 0 Å². The van der Waals surface area contributed by atoms with Gasteiger partial charge >= 0.3 is 6.09 Å². The number of amides is 1. The molecule has 22 heavy (non-hydrogen) atoms. The minimum atomic E-state index is -1.20. The van der Waals surface area contributed by atoms with Gasteiger partial charge in [0.05, 0.1) is 42.5 Å². The molecule has 2 bridgehead atoms. The Kier molecular flexibility index (Phi) is 4.17. The van der Waals surface area contributed by atoms with Gasteiger partial charge in [0.2, 0.25) is 0 Å². The maximum atomic E-state index is 12.5. The molecule has 3 rings (SSSR count). The predicted molar refractivity (Wildman–Crippen MR) is 88.9 cm³/mol. The SMILES string of the molecule is C[Si](C)(C)CCOC(=O)N1[C@@H]2COC[C@H]1c1sc(N)nc1C2. The van der Waals surface area contributed by atoms with E-state index in [1.54, 1.807) is 0 Å². The topological polar surface area (TPSA) is 77.7 Å². The first-order chi connectivity index (χ1) is 10.3. The average Bonchev–Trinajstić information content (AvgIpc) is 2.77. The normalized spacial score (nSPS) is 24.0. The van der Waals surface area contributed by atoms with Crippen LogP contribution >= 0.6 is 11.3 Å². The van der Waals surface area contributed by atoms with Crippen LogP contribution in [0.5, 0.6) is 0 Å².